The van der Waals surface area contributed by atoms with Gasteiger partial charge in [0.05, 0.1) is 0 Å². The molecule has 2 aromatic rings. The number of nitrogens with zero attached hydrogens (tertiary/aromatic N) is 1. The number of carbonyl (C=O) groups excluding carboxylic acids is 1. The van der Waals surface area contributed by atoms with E-state index in [0.29, 0.717) is 28.5 Å². The lowest BCUT2D eigenvalue weighted by Crippen LogP contribution is -2.31. The van der Waals surface area contributed by atoms with Crippen molar-refractivity contribution in [2.75, 3.05) is 6.54 Å². The zero-order valence-electron chi connectivity index (χ0n) is 12.0. The van der Waals surface area contributed by atoms with Gasteiger partial charge in [-0.2, -0.15) is 0 Å². The number of rotatable bonds is 5. The van der Waals surface area contributed by atoms with Gasteiger partial charge in [-0.25, -0.2) is 4.98 Å². The molecule has 6 nitrogen and oxygen atoms in total. The average molecular weight is 322 g/mol. The first kappa shape index (κ1) is 16.2. The zero-order valence-corrected chi connectivity index (χ0v) is 12.7. The van der Waals surface area contributed by atoms with Crippen LogP contribution in [0.1, 0.15) is 23.2 Å². The molecule has 0 bridgehead atoms. The average Bonchev–Trinajstić information content (AvgIpc) is 2.45. The van der Waals surface area contributed by atoms with Crippen LogP contribution in [0.4, 0.5) is 0 Å². The number of amides is 1. The van der Waals surface area contributed by atoms with Gasteiger partial charge in [0.2, 0.25) is 0 Å². The van der Waals surface area contributed by atoms with Crippen molar-refractivity contribution in [3.63, 3.8) is 0 Å². The Labute approximate surface area is 132 Å². The fourth-order valence-corrected chi connectivity index (χ4v) is 2.21. The largest absolute Gasteiger partial charge is 0.378 e. The third kappa shape index (κ3) is 4.41. The summed E-state index contributed by atoms with van der Waals surface area (Å²) in [4.78, 5) is 29.9. The molecule has 0 radical (unpaired) electrons. The number of benzene rings is 1. The number of aromatic amines is 1. The molecule has 1 amide bonds. The van der Waals surface area contributed by atoms with Crippen molar-refractivity contribution in [1.82, 2.24) is 15.3 Å². The third-order valence-corrected chi connectivity index (χ3v) is 3.24. The molecule has 0 saturated heterocycles. The van der Waals surface area contributed by atoms with E-state index in [1.54, 1.807) is 25.1 Å². The van der Waals surface area contributed by atoms with E-state index in [-0.39, 0.29) is 12.1 Å². The minimum atomic E-state index is -1.28. The summed E-state index contributed by atoms with van der Waals surface area (Å²) in [7, 11) is 0. The molecular weight excluding hydrogens is 306 g/mol. The van der Waals surface area contributed by atoms with Crippen LogP contribution in [0.2, 0.25) is 5.02 Å². The number of halogens is 1. The lowest BCUT2D eigenvalue weighted by molar-refractivity contribution is -0.129. The lowest BCUT2D eigenvalue weighted by atomic mass is 10.1. The Morgan fingerprint density at radius 1 is 1.45 bits per heavy atom. The van der Waals surface area contributed by atoms with Crippen molar-refractivity contribution in [2.24, 2.45) is 0 Å². The standard InChI is InChI=1S/C15H16ClN3O3/c1-9-18-12(8-13(20)19-9)5-6-17-15(22)14(21)10-3-2-4-11(16)7-10/h2-4,7-8,14,21H,5-6H2,1H3,(H,17,22)(H,18,19,20). The number of H-pyrrole nitrogens is 1. The quantitative estimate of drug-likeness (QED) is 0.769. The second-order valence-electron chi connectivity index (χ2n) is 4.82. The zero-order chi connectivity index (χ0) is 16.1. The van der Waals surface area contributed by atoms with Gasteiger partial charge in [-0.15, -0.1) is 0 Å². The van der Waals surface area contributed by atoms with Crippen LogP contribution in [0.15, 0.2) is 35.1 Å². The second kappa shape index (κ2) is 7.20. The maximum absolute atomic E-state index is 11.9. The first-order chi connectivity index (χ1) is 10.5. The van der Waals surface area contributed by atoms with Crippen molar-refractivity contribution in [3.05, 3.63) is 62.8 Å². The highest BCUT2D eigenvalue weighted by atomic mass is 35.5. The number of hydrogen-bond acceptors (Lipinski definition) is 4. The number of aromatic nitrogens is 2. The summed E-state index contributed by atoms with van der Waals surface area (Å²) in [5.74, 6) is -0.00313. The molecular formula is C15H16ClN3O3. The number of aryl methyl sites for hydroxylation is 1. The minimum absolute atomic E-state index is 0.229. The van der Waals surface area contributed by atoms with E-state index in [0.717, 1.165) is 0 Å². The number of hydrogen-bond donors (Lipinski definition) is 3. The highest BCUT2D eigenvalue weighted by Gasteiger charge is 2.17. The van der Waals surface area contributed by atoms with Crippen molar-refractivity contribution < 1.29 is 9.90 Å². The van der Waals surface area contributed by atoms with Gasteiger partial charge in [0.1, 0.15) is 5.82 Å². The first-order valence-electron chi connectivity index (χ1n) is 6.74. The monoisotopic (exact) mass is 321 g/mol. The molecule has 0 saturated carbocycles. The van der Waals surface area contributed by atoms with E-state index in [1.165, 1.54) is 12.1 Å². The Bertz CT molecular complexity index is 730. The molecule has 116 valence electrons. The Balaban J connectivity index is 1.91. The van der Waals surface area contributed by atoms with Crippen molar-refractivity contribution in [1.29, 1.82) is 0 Å². The topological polar surface area (TPSA) is 95.1 Å². The van der Waals surface area contributed by atoms with Gasteiger partial charge in [-0.1, -0.05) is 23.7 Å². The highest BCUT2D eigenvalue weighted by molar-refractivity contribution is 6.30. The smallest absolute Gasteiger partial charge is 0.253 e. The minimum Gasteiger partial charge on any atom is -0.378 e. The molecule has 22 heavy (non-hydrogen) atoms. The van der Waals surface area contributed by atoms with Crippen LogP contribution in [0.25, 0.3) is 0 Å². The Morgan fingerprint density at radius 3 is 2.91 bits per heavy atom. The summed E-state index contributed by atoms with van der Waals surface area (Å²) in [6.45, 7) is 1.96. The van der Waals surface area contributed by atoms with Gasteiger partial charge in [-0.3, -0.25) is 9.59 Å². The van der Waals surface area contributed by atoms with Gasteiger partial charge in [0.15, 0.2) is 6.10 Å². The van der Waals surface area contributed by atoms with Crippen molar-refractivity contribution in [3.8, 4) is 0 Å². The molecule has 2 rings (SSSR count). The summed E-state index contributed by atoms with van der Waals surface area (Å²) in [5, 5.41) is 13.0. The van der Waals surface area contributed by atoms with E-state index in [1.807, 2.05) is 0 Å². The normalized spacial score (nSPS) is 12.0. The van der Waals surface area contributed by atoms with Gasteiger partial charge in [-0.05, 0) is 24.6 Å². The molecule has 1 aromatic carbocycles. The number of aliphatic hydroxyl groups excluding tert-OH is 1. The molecule has 0 fully saturated rings. The Hall–Kier alpha value is -2.18. The molecule has 7 heteroatoms. The highest BCUT2D eigenvalue weighted by Crippen LogP contribution is 2.17. The SMILES string of the molecule is Cc1nc(CCNC(=O)C(O)c2cccc(Cl)c2)cc(=O)[nH]1. The summed E-state index contributed by atoms with van der Waals surface area (Å²) < 4.78 is 0. The van der Waals surface area contributed by atoms with E-state index in [2.05, 4.69) is 15.3 Å². The molecule has 0 aliphatic heterocycles. The Kier molecular flexibility index (Phi) is 5.30. The fourth-order valence-electron chi connectivity index (χ4n) is 2.01. The second-order valence-corrected chi connectivity index (χ2v) is 5.26. The van der Waals surface area contributed by atoms with E-state index < -0.39 is 12.0 Å². The maximum atomic E-state index is 11.9. The molecule has 3 N–H and O–H groups in total. The number of nitrogens with one attached hydrogen (secondary N) is 2. The molecule has 0 aliphatic rings. The number of carbonyl (C=O) groups is 1. The van der Waals surface area contributed by atoms with Crippen LogP contribution < -0.4 is 10.9 Å². The third-order valence-electron chi connectivity index (χ3n) is 3.01. The molecule has 1 aromatic heterocycles. The van der Waals surface area contributed by atoms with Crippen LogP contribution in [0, 0.1) is 6.92 Å². The van der Waals surface area contributed by atoms with Crippen LogP contribution in [-0.4, -0.2) is 27.5 Å². The van der Waals surface area contributed by atoms with Gasteiger partial charge >= 0.3 is 0 Å². The van der Waals surface area contributed by atoms with Crippen LogP contribution in [0.3, 0.4) is 0 Å². The van der Waals surface area contributed by atoms with E-state index in [4.69, 9.17) is 11.6 Å². The van der Waals surface area contributed by atoms with Gasteiger partial charge in [0.25, 0.3) is 11.5 Å². The van der Waals surface area contributed by atoms with Crippen LogP contribution in [-0.2, 0) is 11.2 Å². The van der Waals surface area contributed by atoms with Gasteiger partial charge < -0.3 is 15.4 Å². The van der Waals surface area contributed by atoms with E-state index >= 15 is 0 Å². The van der Waals surface area contributed by atoms with Crippen molar-refractivity contribution >= 4 is 17.5 Å². The summed E-state index contributed by atoms with van der Waals surface area (Å²) in [6, 6.07) is 7.87. The lowest BCUT2D eigenvalue weighted by Gasteiger charge is -2.12. The maximum Gasteiger partial charge on any atom is 0.253 e. The molecule has 1 unspecified atom stereocenters. The molecule has 1 atom stereocenters. The Morgan fingerprint density at radius 2 is 2.23 bits per heavy atom. The number of aliphatic hydroxyl groups is 1. The predicted molar refractivity (Wildman–Crippen MR) is 82.7 cm³/mol. The summed E-state index contributed by atoms with van der Waals surface area (Å²) >= 11 is 5.82. The van der Waals surface area contributed by atoms with E-state index in [9.17, 15) is 14.7 Å². The summed E-state index contributed by atoms with van der Waals surface area (Å²) in [5.41, 5.74) is 0.779. The van der Waals surface area contributed by atoms with Crippen LogP contribution in [0.5, 0.6) is 0 Å². The fraction of sp³-hybridized carbons (Fsp3) is 0.267. The van der Waals surface area contributed by atoms with Gasteiger partial charge in [0, 0.05) is 29.7 Å². The first-order valence-corrected chi connectivity index (χ1v) is 7.11. The van der Waals surface area contributed by atoms with Crippen molar-refractivity contribution in [2.45, 2.75) is 19.4 Å². The molecule has 0 spiro atoms. The van der Waals surface area contributed by atoms with Crippen LogP contribution >= 0.6 is 11.6 Å². The molecule has 1 heterocycles. The predicted octanol–water partition coefficient (Wildman–Crippen LogP) is 1.12. The summed E-state index contributed by atoms with van der Waals surface area (Å²) in [6.07, 6.45) is -0.883. The molecule has 0 aliphatic carbocycles.